The lowest BCUT2D eigenvalue weighted by molar-refractivity contribution is 0.810. The first-order chi connectivity index (χ1) is 9.29. The monoisotopic (exact) mass is 259 g/mol. The van der Waals surface area contributed by atoms with E-state index < -0.39 is 0 Å². The molecular formula is C16H25N3. The van der Waals surface area contributed by atoms with Crippen molar-refractivity contribution in [2.24, 2.45) is 9.98 Å². The molecule has 1 N–H and O–H groups in total. The Kier molecular flexibility index (Phi) is 11.3. The van der Waals surface area contributed by atoms with Crippen LogP contribution in [-0.2, 0) is 0 Å². The molecular weight excluding hydrogens is 234 g/mol. The Morgan fingerprint density at radius 2 is 2.05 bits per heavy atom. The van der Waals surface area contributed by atoms with Gasteiger partial charge in [0.05, 0.1) is 0 Å². The topological polar surface area (TPSA) is 36.8 Å². The molecule has 104 valence electrons. The Labute approximate surface area is 117 Å². The highest BCUT2D eigenvalue weighted by atomic mass is 14.8. The molecule has 0 aliphatic rings. The van der Waals surface area contributed by atoms with Crippen molar-refractivity contribution in [1.82, 2.24) is 5.32 Å². The average Bonchev–Trinajstić information content (AvgIpc) is 2.43. The first-order valence-electron chi connectivity index (χ1n) is 6.62. The molecule has 0 radical (unpaired) electrons. The van der Waals surface area contributed by atoms with Crippen LogP contribution in [0.2, 0.25) is 0 Å². The summed E-state index contributed by atoms with van der Waals surface area (Å²) in [6.45, 7) is 8.61. The van der Waals surface area contributed by atoms with Crippen LogP contribution in [0.25, 0.3) is 0 Å². The summed E-state index contributed by atoms with van der Waals surface area (Å²) in [4.78, 5) is 8.51. The lowest BCUT2D eigenvalue weighted by Gasteiger charge is -2.01. The number of hydrogen-bond acceptors (Lipinski definition) is 3. The molecule has 0 saturated carbocycles. The van der Waals surface area contributed by atoms with Crippen LogP contribution in [-0.4, -0.2) is 26.0 Å². The van der Waals surface area contributed by atoms with Gasteiger partial charge in [-0.05, 0) is 31.2 Å². The third-order valence-electron chi connectivity index (χ3n) is 2.37. The predicted octanol–water partition coefficient (Wildman–Crippen LogP) is 3.68. The quantitative estimate of drug-likeness (QED) is 0.383. The minimum Gasteiger partial charge on any atom is -0.368 e. The smallest absolute Gasteiger partial charge is 0.0389 e. The molecule has 0 fully saturated rings. The minimum absolute atomic E-state index is 0.864. The first kappa shape index (κ1) is 17.1. The zero-order valence-electron chi connectivity index (χ0n) is 12.3. The maximum absolute atomic E-state index is 4.44. The Balaban J connectivity index is 4.91. The van der Waals surface area contributed by atoms with Gasteiger partial charge in [-0.25, -0.2) is 0 Å². The number of unbranched alkanes of at least 4 members (excludes halogenated alkanes) is 1. The Bertz CT molecular complexity index is 385. The number of nitrogens with one attached hydrogen (secondary N) is 1. The molecule has 0 aromatic rings. The summed E-state index contributed by atoms with van der Waals surface area (Å²) in [5, 5.41) is 2.91. The third kappa shape index (κ3) is 8.77. The van der Waals surface area contributed by atoms with Gasteiger partial charge in [0.25, 0.3) is 0 Å². The molecule has 0 bridgehead atoms. The van der Waals surface area contributed by atoms with E-state index in [9.17, 15) is 0 Å². The van der Waals surface area contributed by atoms with Crippen molar-refractivity contribution in [3.8, 4) is 0 Å². The highest BCUT2D eigenvalue weighted by Gasteiger charge is 1.97. The fourth-order valence-corrected chi connectivity index (χ4v) is 1.36. The molecule has 0 aliphatic heterocycles. The summed E-state index contributed by atoms with van der Waals surface area (Å²) in [6, 6.07) is 0. The zero-order chi connectivity index (χ0) is 14.3. The van der Waals surface area contributed by atoms with Crippen LogP contribution >= 0.6 is 0 Å². The van der Waals surface area contributed by atoms with Crippen molar-refractivity contribution in [2.45, 2.75) is 26.7 Å². The SMILES string of the molecule is C=CNC=CC=C(C=NCCCC)/C(C=NC)=C\C. The largest absolute Gasteiger partial charge is 0.368 e. The van der Waals surface area contributed by atoms with Gasteiger partial charge in [-0.15, -0.1) is 0 Å². The molecule has 0 atom stereocenters. The molecule has 0 amide bonds. The Morgan fingerprint density at radius 1 is 1.26 bits per heavy atom. The minimum atomic E-state index is 0.864. The van der Waals surface area contributed by atoms with Crippen LogP contribution in [0.1, 0.15) is 26.7 Å². The van der Waals surface area contributed by atoms with Crippen LogP contribution in [0, 0.1) is 0 Å². The molecule has 0 saturated heterocycles. The number of nitrogens with zero attached hydrogens (tertiary/aromatic N) is 2. The molecule has 0 aromatic carbocycles. The average molecular weight is 259 g/mol. The lowest BCUT2D eigenvalue weighted by Crippen LogP contribution is -1.95. The Hall–Kier alpha value is -1.90. The molecule has 3 nitrogen and oxygen atoms in total. The molecule has 0 aromatic heterocycles. The van der Waals surface area contributed by atoms with Gasteiger partial charge in [0.15, 0.2) is 0 Å². The fourth-order valence-electron chi connectivity index (χ4n) is 1.36. The van der Waals surface area contributed by atoms with Crippen LogP contribution in [0.4, 0.5) is 0 Å². The van der Waals surface area contributed by atoms with Crippen molar-refractivity contribution in [3.63, 3.8) is 0 Å². The summed E-state index contributed by atoms with van der Waals surface area (Å²) in [7, 11) is 1.77. The maximum atomic E-state index is 4.44. The molecule has 0 rings (SSSR count). The normalized spacial score (nSPS) is 13.8. The third-order valence-corrected chi connectivity index (χ3v) is 2.37. The molecule has 0 spiro atoms. The second-order valence-corrected chi connectivity index (χ2v) is 3.87. The van der Waals surface area contributed by atoms with Crippen molar-refractivity contribution < 1.29 is 0 Å². The maximum Gasteiger partial charge on any atom is 0.0389 e. The van der Waals surface area contributed by atoms with Crippen molar-refractivity contribution in [3.05, 3.63) is 48.4 Å². The van der Waals surface area contributed by atoms with E-state index in [1.807, 2.05) is 43.8 Å². The van der Waals surface area contributed by atoms with E-state index in [2.05, 4.69) is 28.8 Å². The molecule has 19 heavy (non-hydrogen) atoms. The zero-order valence-corrected chi connectivity index (χ0v) is 12.3. The Morgan fingerprint density at radius 3 is 2.63 bits per heavy atom. The lowest BCUT2D eigenvalue weighted by atomic mass is 10.1. The van der Waals surface area contributed by atoms with E-state index in [1.165, 1.54) is 0 Å². The predicted molar refractivity (Wildman–Crippen MR) is 87.0 cm³/mol. The molecule has 0 aliphatic carbocycles. The van der Waals surface area contributed by atoms with Crippen LogP contribution < -0.4 is 5.32 Å². The van der Waals surface area contributed by atoms with E-state index in [4.69, 9.17) is 0 Å². The van der Waals surface area contributed by atoms with E-state index in [0.29, 0.717) is 0 Å². The van der Waals surface area contributed by atoms with Gasteiger partial charge >= 0.3 is 0 Å². The van der Waals surface area contributed by atoms with Crippen LogP contribution in [0.15, 0.2) is 58.3 Å². The van der Waals surface area contributed by atoms with Crippen molar-refractivity contribution >= 4 is 12.4 Å². The van der Waals surface area contributed by atoms with E-state index in [1.54, 1.807) is 13.2 Å². The summed E-state index contributed by atoms with van der Waals surface area (Å²) in [6.07, 6.45) is 15.4. The van der Waals surface area contributed by atoms with Crippen LogP contribution in [0.3, 0.4) is 0 Å². The summed E-state index contributed by atoms with van der Waals surface area (Å²) in [5.74, 6) is 0. The van der Waals surface area contributed by atoms with Crippen LogP contribution in [0.5, 0.6) is 0 Å². The van der Waals surface area contributed by atoms with Gasteiger partial charge in [0.1, 0.15) is 0 Å². The van der Waals surface area contributed by atoms with E-state index >= 15 is 0 Å². The highest BCUT2D eigenvalue weighted by molar-refractivity contribution is 5.98. The summed E-state index contributed by atoms with van der Waals surface area (Å²) >= 11 is 0. The summed E-state index contributed by atoms with van der Waals surface area (Å²) in [5.41, 5.74) is 2.11. The second kappa shape index (κ2) is 12.6. The van der Waals surface area contributed by atoms with Crippen molar-refractivity contribution in [2.75, 3.05) is 13.6 Å². The van der Waals surface area contributed by atoms with Gasteiger partial charge in [0.2, 0.25) is 0 Å². The van der Waals surface area contributed by atoms with Gasteiger partial charge in [-0.3, -0.25) is 9.98 Å². The second-order valence-electron chi connectivity index (χ2n) is 3.87. The number of aliphatic imine (C=N–C) groups is 2. The van der Waals surface area contributed by atoms with Gasteiger partial charge in [-0.1, -0.05) is 32.1 Å². The summed E-state index contributed by atoms with van der Waals surface area (Å²) < 4.78 is 0. The van der Waals surface area contributed by atoms with Gasteiger partial charge in [0, 0.05) is 37.8 Å². The van der Waals surface area contributed by atoms with Gasteiger partial charge < -0.3 is 5.32 Å². The van der Waals surface area contributed by atoms with E-state index in [0.717, 1.165) is 30.5 Å². The van der Waals surface area contributed by atoms with E-state index in [-0.39, 0.29) is 0 Å². The molecule has 0 heterocycles. The standard InChI is InChI=1S/C16H25N3/c1-5-8-11-19-14-16(10-9-12-18-7-3)15(6-2)13-17-4/h6-7,9-10,12-14,18H,3,5,8,11H2,1-2,4H3/b12-9?,15-6-,16-10?,17-13?,19-14?. The van der Waals surface area contributed by atoms with Gasteiger partial charge in [-0.2, -0.15) is 0 Å². The molecule has 0 unspecified atom stereocenters. The first-order valence-corrected chi connectivity index (χ1v) is 6.62. The number of rotatable bonds is 9. The van der Waals surface area contributed by atoms with Crippen molar-refractivity contribution in [1.29, 1.82) is 0 Å². The number of allylic oxidation sites excluding steroid dienone is 5. The highest BCUT2D eigenvalue weighted by Crippen LogP contribution is 2.06. The molecule has 3 heteroatoms. The fraction of sp³-hybridized carbons (Fsp3) is 0.375. The number of hydrogen-bond donors (Lipinski definition) is 1.